The molecule has 0 bridgehead atoms. The van der Waals surface area contributed by atoms with E-state index in [-0.39, 0.29) is 11.5 Å². The fourth-order valence-corrected chi connectivity index (χ4v) is 1.52. The molecule has 0 radical (unpaired) electrons. The minimum atomic E-state index is -0.473. The molecule has 0 aliphatic carbocycles. The Bertz CT molecular complexity index is 607. The Morgan fingerprint density at radius 1 is 1.42 bits per heavy atom. The number of benzene rings is 1. The van der Waals surface area contributed by atoms with Crippen LogP contribution >= 0.6 is 0 Å². The Morgan fingerprint density at radius 3 is 2.74 bits per heavy atom. The van der Waals surface area contributed by atoms with Crippen molar-refractivity contribution in [2.75, 3.05) is 6.54 Å². The van der Waals surface area contributed by atoms with Gasteiger partial charge < -0.3 is 10.3 Å². The monoisotopic (exact) mass is 262 g/mol. The molecule has 0 aliphatic rings. The zero-order valence-corrected chi connectivity index (χ0v) is 10.7. The number of aromatic nitrogens is 2. The minimum absolute atomic E-state index is 0.0552. The van der Waals surface area contributed by atoms with Gasteiger partial charge in [-0.05, 0) is 19.9 Å². The molecule has 7 heteroatoms. The molecule has 1 aromatic carbocycles. The van der Waals surface area contributed by atoms with Crippen LogP contribution in [0.15, 0.2) is 28.8 Å². The molecule has 0 saturated heterocycles. The van der Waals surface area contributed by atoms with Crippen LogP contribution < -0.4 is 5.73 Å². The third kappa shape index (κ3) is 2.45. The number of hydrogen-bond donors (Lipinski definition) is 1. The first-order valence-corrected chi connectivity index (χ1v) is 5.74. The summed E-state index contributed by atoms with van der Waals surface area (Å²) in [6.07, 6.45) is 0. The topological polar surface area (TPSA) is 108 Å². The van der Waals surface area contributed by atoms with E-state index in [4.69, 9.17) is 10.3 Å². The van der Waals surface area contributed by atoms with Crippen molar-refractivity contribution in [2.24, 2.45) is 5.73 Å². The highest BCUT2D eigenvalue weighted by Gasteiger charge is 2.27. The normalized spacial score (nSPS) is 11.5. The molecular weight excluding hydrogens is 248 g/mol. The molecule has 0 saturated carbocycles. The lowest BCUT2D eigenvalue weighted by atomic mass is 9.94. The molecule has 19 heavy (non-hydrogen) atoms. The molecule has 0 fully saturated rings. The van der Waals surface area contributed by atoms with Crippen molar-refractivity contribution in [1.29, 1.82) is 0 Å². The fraction of sp³-hybridized carbons (Fsp3) is 0.333. The van der Waals surface area contributed by atoms with E-state index < -0.39 is 10.3 Å². The van der Waals surface area contributed by atoms with Gasteiger partial charge in [-0.1, -0.05) is 17.3 Å². The number of rotatable bonds is 4. The number of para-hydroxylation sites is 1. The Kier molecular flexibility index (Phi) is 3.30. The third-order valence-electron chi connectivity index (χ3n) is 2.86. The lowest BCUT2D eigenvalue weighted by molar-refractivity contribution is -0.384. The van der Waals surface area contributed by atoms with Crippen molar-refractivity contribution in [3.63, 3.8) is 0 Å². The highest BCUT2D eigenvalue weighted by molar-refractivity contribution is 5.67. The van der Waals surface area contributed by atoms with E-state index in [1.54, 1.807) is 18.2 Å². The molecule has 2 N–H and O–H groups in total. The maximum atomic E-state index is 11.0. The second-order valence-electron chi connectivity index (χ2n) is 4.79. The van der Waals surface area contributed by atoms with Crippen LogP contribution in [0.3, 0.4) is 0 Å². The average Bonchev–Trinajstić information content (AvgIpc) is 2.89. The van der Waals surface area contributed by atoms with Gasteiger partial charge in [0, 0.05) is 12.6 Å². The van der Waals surface area contributed by atoms with Gasteiger partial charge in [0.05, 0.1) is 10.3 Å². The Morgan fingerprint density at radius 2 is 2.11 bits per heavy atom. The number of nitro benzene ring substituents is 1. The first-order valence-electron chi connectivity index (χ1n) is 5.74. The number of nitrogens with zero attached hydrogens (tertiary/aromatic N) is 3. The van der Waals surface area contributed by atoms with Gasteiger partial charge in [0.25, 0.3) is 5.69 Å². The predicted octanol–water partition coefficient (Wildman–Crippen LogP) is 1.88. The molecule has 0 spiro atoms. The van der Waals surface area contributed by atoms with Gasteiger partial charge in [0.15, 0.2) is 0 Å². The standard InChI is InChI=1S/C12H14N4O3/c1-12(2,7-13)11-14-10(15-19-11)8-5-3-4-6-9(8)16(17)18/h3-6H,7,13H2,1-2H3. The summed E-state index contributed by atoms with van der Waals surface area (Å²) >= 11 is 0. The Labute approximate surface area is 109 Å². The molecule has 100 valence electrons. The van der Waals surface area contributed by atoms with Gasteiger partial charge in [-0.2, -0.15) is 4.98 Å². The van der Waals surface area contributed by atoms with Crippen molar-refractivity contribution in [3.8, 4) is 11.4 Å². The van der Waals surface area contributed by atoms with Crippen molar-refractivity contribution in [1.82, 2.24) is 10.1 Å². The van der Waals surface area contributed by atoms with Gasteiger partial charge >= 0.3 is 0 Å². The van der Waals surface area contributed by atoms with Crippen LogP contribution in [0.2, 0.25) is 0 Å². The maximum absolute atomic E-state index is 11.0. The summed E-state index contributed by atoms with van der Waals surface area (Å²) in [4.78, 5) is 14.7. The fourth-order valence-electron chi connectivity index (χ4n) is 1.52. The summed E-state index contributed by atoms with van der Waals surface area (Å²) in [7, 11) is 0. The van der Waals surface area contributed by atoms with Crippen LogP contribution in [0.1, 0.15) is 19.7 Å². The molecule has 1 aromatic heterocycles. The zero-order chi connectivity index (χ0) is 14.0. The Balaban J connectivity index is 2.47. The van der Waals surface area contributed by atoms with Crippen LogP contribution in [0, 0.1) is 10.1 Å². The summed E-state index contributed by atoms with van der Waals surface area (Å²) in [6, 6.07) is 6.26. The van der Waals surface area contributed by atoms with Crippen LogP contribution in [-0.2, 0) is 5.41 Å². The quantitative estimate of drug-likeness (QED) is 0.665. The molecule has 2 aromatic rings. The molecule has 2 rings (SSSR count). The first-order chi connectivity index (χ1) is 8.95. The highest BCUT2D eigenvalue weighted by atomic mass is 16.6. The summed E-state index contributed by atoms with van der Waals surface area (Å²) in [6.45, 7) is 4.07. The number of nitrogens with two attached hydrogens (primary N) is 1. The van der Waals surface area contributed by atoms with E-state index in [1.807, 2.05) is 13.8 Å². The second kappa shape index (κ2) is 4.77. The Hall–Kier alpha value is -2.28. The molecule has 0 unspecified atom stereocenters. The lowest BCUT2D eigenvalue weighted by Crippen LogP contribution is -2.28. The highest BCUT2D eigenvalue weighted by Crippen LogP contribution is 2.29. The molecule has 0 aliphatic heterocycles. The van der Waals surface area contributed by atoms with Gasteiger partial charge in [-0.15, -0.1) is 0 Å². The van der Waals surface area contributed by atoms with Gasteiger partial charge in [0.1, 0.15) is 5.56 Å². The van der Waals surface area contributed by atoms with E-state index in [1.165, 1.54) is 6.07 Å². The van der Waals surface area contributed by atoms with E-state index in [9.17, 15) is 10.1 Å². The minimum Gasteiger partial charge on any atom is -0.338 e. The van der Waals surface area contributed by atoms with Crippen molar-refractivity contribution in [2.45, 2.75) is 19.3 Å². The number of nitro groups is 1. The molecule has 0 amide bonds. The van der Waals surface area contributed by atoms with Crippen LogP contribution in [0.25, 0.3) is 11.4 Å². The average molecular weight is 262 g/mol. The van der Waals surface area contributed by atoms with E-state index >= 15 is 0 Å². The van der Waals surface area contributed by atoms with E-state index in [0.717, 1.165) is 0 Å². The number of hydrogen-bond acceptors (Lipinski definition) is 6. The molecule has 1 heterocycles. The second-order valence-corrected chi connectivity index (χ2v) is 4.79. The summed E-state index contributed by atoms with van der Waals surface area (Å²) in [5.74, 6) is 0.562. The molecule has 0 atom stereocenters. The first kappa shape index (κ1) is 13.2. The van der Waals surface area contributed by atoms with Crippen molar-refractivity contribution in [3.05, 3.63) is 40.3 Å². The third-order valence-corrected chi connectivity index (χ3v) is 2.86. The smallest absolute Gasteiger partial charge is 0.280 e. The maximum Gasteiger partial charge on any atom is 0.280 e. The van der Waals surface area contributed by atoms with E-state index in [2.05, 4.69) is 10.1 Å². The summed E-state index contributed by atoms with van der Waals surface area (Å²) in [5.41, 5.74) is 5.44. The molecule has 7 nitrogen and oxygen atoms in total. The van der Waals surface area contributed by atoms with Gasteiger partial charge in [-0.3, -0.25) is 10.1 Å². The van der Waals surface area contributed by atoms with Crippen molar-refractivity contribution >= 4 is 5.69 Å². The lowest BCUT2D eigenvalue weighted by Gasteiger charge is -2.15. The van der Waals surface area contributed by atoms with Gasteiger partial charge in [-0.25, -0.2) is 0 Å². The van der Waals surface area contributed by atoms with Crippen LogP contribution in [0.4, 0.5) is 5.69 Å². The predicted molar refractivity (Wildman–Crippen MR) is 68.5 cm³/mol. The zero-order valence-electron chi connectivity index (χ0n) is 10.7. The summed E-state index contributed by atoms with van der Waals surface area (Å²) in [5, 5.41) is 14.8. The largest absolute Gasteiger partial charge is 0.338 e. The van der Waals surface area contributed by atoms with Gasteiger partial charge in [0.2, 0.25) is 11.7 Å². The van der Waals surface area contributed by atoms with E-state index in [0.29, 0.717) is 18.0 Å². The molecular formula is C12H14N4O3. The van der Waals surface area contributed by atoms with Crippen LogP contribution in [0.5, 0.6) is 0 Å². The van der Waals surface area contributed by atoms with Crippen molar-refractivity contribution < 1.29 is 9.45 Å². The SMILES string of the molecule is CC(C)(CN)c1nc(-c2ccccc2[N+](=O)[O-])no1. The van der Waals surface area contributed by atoms with Crippen LogP contribution in [-0.4, -0.2) is 21.6 Å². The summed E-state index contributed by atoms with van der Waals surface area (Å²) < 4.78 is 5.15.